The van der Waals surface area contributed by atoms with Crippen LogP contribution in [-0.2, 0) is 4.74 Å². The van der Waals surface area contributed by atoms with Crippen molar-refractivity contribution >= 4 is 5.96 Å². The van der Waals surface area contributed by atoms with Crippen LogP contribution in [-0.4, -0.2) is 80.8 Å². The van der Waals surface area contributed by atoms with Crippen molar-refractivity contribution in [3.05, 3.63) is 35.9 Å². The third-order valence-electron chi connectivity index (χ3n) is 5.68. The summed E-state index contributed by atoms with van der Waals surface area (Å²) in [5.41, 5.74) is 1.39. The predicted molar refractivity (Wildman–Crippen MR) is 118 cm³/mol. The molecule has 1 heterocycles. The molecule has 1 fully saturated rings. The lowest BCUT2D eigenvalue weighted by molar-refractivity contribution is -0.00834. The van der Waals surface area contributed by atoms with E-state index in [-0.39, 0.29) is 5.54 Å². The summed E-state index contributed by atoms with van der Waals surface area (Å²) in [5, 5.41) is 7.07. The van der Waals surface area contributed by atoms with Gasteiger partial charge in [-0.3, -0.25) is 14.8 Å². The highest BCUT2D eigenvalue weighted by molar-refractivity contribution is 5.79. The number of hydrogen-bond acceptors (Lipinski definition) is 4. The quantitative estimate of drug-likeness (QED) is 0.502. The largest absolute Gasteiger partial charge is 0.379 e. The zero-order valence-corrected chi connectivity index (χ0v) is 18.4. The number of nitrogens with zero attached hydrogens (tertiary/aromatic N) is 3. The minimum Gasteiger partial charge on any atom is -0.379 e. The first kappa shape index (κ1) is 22.7. The second kappa shape index (κ2) is 11.4. The lowest BCUT2D eigenvalue weighted by Crippen LogP contribution is -2.56. The van der Waals surface area contributed by atoms with Crippen LogP contribution >= 0.6 is 0 Å². The van der Waals surface area contributed by atoms with Gasteiger partial charge >= 0.3 is 0 Å². The Bertz CT molecular complexity index is 580. The van der Waals surface area contributed by atoms with Crippen LogP contribution < -0.4 is 10.6 Å². The van der Waals surface area contributed by atoms with E-state index in [9.17, 15) is 0 Å². The van der Waals surface area contributed by atoms with Crippen LogP contribution in [0.25, 0.3) is 0 Å². The molecule has 0 aliphatic carbocycles. The van der Waals surface area contributed by atoms with Crippen molar-refractivity contribution in [2.24, 2.45) is 4.99 Å². The Morgan fingerprint density at radius 1 is 1.14 bits per heavy atom. The highest BCUT2D eigenvalue weighted by Crippen LogP contribution is 2.19. The number of hydrogen-bond donors (Lipinski definition) is 2. The van der Waals surface area contributed by atoms with E-state index in [1.54, 1.807) is 0 Å². The van der Waals surface area contributed by atoms with Gasteiger partial charge in [0.1, 0.15) is 0 Å². The van der Waals surface area contributed by atoms with Crippen molar-refractivity contribution in [1.29, 1.82) is 0 Å². The molecule has 1 saturated heterocycles. The van der Waals surface area contributed by atoms with Gasteiger partial charge in [0.25, 0.3) is 0 Å². The molecule has 1 aromatic carbocycles. The SMILES string of the molecule is CCN(CC)C(CNC(=NC)NCC(C)(C)N1CCOCC1)c1ccccc1. The van der Waals surface area contributed by atoms with Gasteiger partial charge in [-0.1, -0.05) is 44.2 Å². The van der Waals surface area contributed by atoms with E-state index in [4.69, 9.17) is 4.74 Å². The fraction of sp³-hybridized carbons (Fsp3) is 0.682. The van der Waals surface area contributed by atoms with Crippen LogP contribution in [0.2, 0.25) is 0 Å². The van der Waals surface area contributed by atoms with Gasteiger partial charge in [-0.05, 0) is 32.5 Å². The number of likely N-dealkylation sites (N-methyl/N-ethyl adjacent to an activating group) is 1. The summed E-state index contributed by atoms with van der Waals surface area (Å²) in [6.45, 7) is 16.3. The average molecular weight is 390 g/mol. The molecule has 1 aromatic rings. The second-order valence-corrected chi connectivity index (χ2v) is 7.87. The summed E-state index contributed by atoms with van der Waals surface area (Å²) in [4.78, 5) is 9.41. The first-order valence-corrected chi connectivity index (χ1v) is 10.6. The van der Waals surface area contributed by atoms with Gasteiger partial charge in [-0.2, -0.15) is 0 Å². The number of nitrogens with one attached hydrogen (secondary N) is 2. The molecule has 1 aliphatic heterocycles. The van der Waals surface area contributed by atoms with Crippen LogP contribution in [0.3, 0.4) is 0 Å². The van der Waals surface area contributed by atoms with Gasteiger partial charge < -0.3 is 15.4 Å². The fourth-order valence-corrected chi connectivity index (χ4v) is 3.79. The second-order valence-electron chi connectivity index (χ2n) is 7.87. The number of benzene rings is 1. The summed E-state index contributed by atoms with van der Waals surface area (Å²) >= 11 is 0. The van der Waals surface area contributed by atoms with Crippen LogP contribution in [0.1, 0.15) is 39.3 Å². The highest BCUT2D eigenvalue weighted by atomic mass is 16.5. The lowest BCUT2D eigenvalue weighted by Gasteiger charge is -2.41. The van der Waals surface area contributed by atoms with Crippen molar-refractivity contribution in [2.45, 2.75) is 39.3 Å². The van der Waals surface area contributed by atoms with E-state index in [1.165, 1.54) is 5.56 Å². The van der Waals surface area contributed by atoms with Gasteiger partial charge in [-0.15, -0.1) is 0 Å². The summed E-state index contributed by atoms with van der Waals surface area (Å²) < 4.78 is 5.49. The fourth-order valence-electron chi connectivity index (χ4n) is 3.79. The number of ether oxygens (including phenoxy) is 1. The van der Waals surface area contributed by atoms with E-state index in [2.05, 4.69) is 83.5 Å². The highest BCUT2D eigenvalue weighted by Gasteiger charge is 2.28. The number of aliphatic imine (C=N–C) groups is 1. The molecule has 158 valence electrons. The Labute approximate surface area is 171 Å². The molecule has 0 spiro atoms. The Morgan fingerprint density at radius 2 is 1.79 bits per heavy atom. The van der Waals surface area contributed by atoms with Gasteiger partial charge in [0.05, 0.1) is 19.3 Å². The minimum absolute atomic E-state index is 0.0547. The van der Waals surface area contributed by atoms with E-state index in [1.807, 2.05) is 7.05 Å². The molecule has 6 heteroatoms. The molecule has 0 radical (unpaired) electrons. The van der Waals surface area contributed by atoms with Crippen molar-refractivity contribution in [1.82, 2.24) is 20.4 Å². The first-order chi connectivity index (χ1) is 13.5. The molecule has 0 saturated carbocycles. The Kier molecular flexibility index (Phi) is 9.22. The summed E-state index contributed by atoms with van der Waals surface area (Å²) in [7, 11) is 1.84. The first-order valence-electron chi connectivity index (χ1n) is 10.6. The van der Waals surface area contributed by atoms with E-state index in [0.717, 1.165) is 58.4 Å². The van der Waals surface area contributed by atoms with E-state index in [0.29, 0.717) is 6.04 Å². The van der Waals surface area contributed by atoms with Crippen molar-refractivity contribution < 1.29 is 4.74 Å². The molecule has 1 unspecified atom stereocenters. The third kappa shape index (κ3) is 6.47. The zero-order valence-electron chi connectivity index (χ0n) is 18.4. The minimum atomic E-state index is 0.0547. The Hall–Kier alpha value is -1.63. The lowest BCUT2D eigenvalue weighted by atomic mass is 10.0. The normalized spacial score (nSPS) is 17.6. The zero-order chi connectivity index (χ0) is 20.4. The molecule has 2 rings (SSSR count). The van der Waals surface area contributed by atoms with Crippen LogP contribution in [0, 0.1) is 0 Å². The maximum atomic E-state index is 5.49. The molecular weight excluding hydrogens is 350 g/mol. The van der Waals surface area contributed by atoms with Gasteiger partial charge in [0.2, 0.25) is 0 Å². The molecule has 1 aliphatic rings. The topological polar surface area (TPSA) is 52.1 Å². The molecule has 2 N–H and O–H groups in total. The maximum absolute atomic E-state index is 5.49. The van der Waals surface area contributed by atoms with Gasteiger partial charge in [0.15, 0.2) is 5.96 Å². The molecule has 0 bridgehead atoms. The maximum Gasteiger partial charge on any atom is 0.191 e. The van der Waals surface area contributed by atoms with Crippen LogP contribution in [0.4, 0.5) is 0 Å². The third-order valence-corrected chi connectivity index (χ3v) is 5.68. The van der Waals surface area contributed by atoms with Crippen LogP contribution in [0.5, 0.6) is 0 Å². The number of guanidine groups is 1. The average Bonchev–Trinajstić information content (AvgIpc) is 2.74. The molecule has 28 heavy (non-hydrogen) atoms. The summed E-state index contributed by atoms with van der Waals surface area (Å²) in [6, 6.07) is 11.0. The number of morpholine rings is 1. The monoisotopic (exact) mass is 389 g/mol. The molecule has 0 aromatic heterocycles. The predicted octanol–water partition coefficient (Wildman–Crippen LogP) is 2.35. The van der Waals surface area contributed by atoms with Crippen LogP contribution in [0.15, 0.2) is 35.3 Å². The standard InChI is InChI=1S/C22H39N5O/c1-6-26(7-2)20(19-11-9-8-10-12-19)17-24-21(23-5)25-18-22(3,4)27-13-15-28-16-14-27/h8-12,20H,6-7,13-18H2,1-5H3,(H2,23,24,25). The number of rotatable bonds is 9. The smallest absolute Gasteiger partial charge is 0.191 e. The molecule has 6 nitrogen and oxygen atoms in total. The molecule has 1 atom stereocenters. The van der Waals surface area contributed by atoms with Gasteiger partial charge in [0, 0.05) is 38.8 Å². The molecule has 0 amide bonds. The van der Waals surface area contributed by atoms with E-state index < -0.39 is 0 Å². The molecular formula is C22H39N5O. The van der Waals surface area contributed by atoms with Crippen molar-refractivity contribution in [3.63, 3.8) is 0 Å². The Morgan fingerprint density at radius 3 is 2.36 bits per heavy atom. The summed E-state index contributed by atoms with van der Waals surface area (Å²) in [5.74, 6) is 0.856. The van der Waals surface area contributed by atoms with Crippen molar-refractivity contribution in [2.75, 3.05) is 59.5 Å². The van der Waals surface area contributed by atoms with Crippen molar-refractivity contribution in [3.8, 4) is 0 Å². The Balaban J connectivity index is 1.94. The van der Waals surface area contributed by atoms with Gasteiger partial charge in [-0.25, -0.2) is 0 Å². The van der Waals surface area contributed by atoms with E-state index >= 15 is 0 Å². The summed E-state index contributed by atoms with van der Waals surface area (Å²) in [6.07, 6.45) is 0.